The molecule has 2 atom stereocenters. The van der Waals surface area contributed by atoms with Crippen LogP contribution in [0.3, 0.4) is 0 Å². The second-order valence-electron chi connectivity index (χ2n) is 9.78. The van der Waals surface area contributed by atoms with Crippen molar-refractivity contribution in [2.75, 3.05) is 11.9 Å². The van der Waals surface area contributed by atoms with Crippen LogP contribution in [0.5, 0.6) is 5.75 Å². The van der Waals surface area contributed by atoms with Gasteiger partial charge in [-0.25, -0.2) is 0 Å². The van der Waals surface area contributed by atoms with Crippen LogP contribution >= 0.6 is 23.8 Å². The molecule has 9 heteroatoms. The van der Waals surface area contributed by atoms with E-state index in [1.54, 1.807) is 24.4 Å². The van der Waals surface area contributed by atoms with E-state index in [-0.39, 0.29) is 30.2 Å². The summed E-state index contributed by atoms with van der Waals surface area (Å²) < 4.78 is 2.00. The summed E-state index contributed by atoms with van der Waals surface area (Å²) in [6, 6.07) is 20.2. The summed E-state index contributed by atoms with van der Waals surface area (Å²) in [5.74, 6) is 0.0507. The van der Waals surface area contributed by atoms with Crippen LogP contribution in [0.1, 0.15) is 46.7 Å². The van der Waals surface area contributed by atoms with E-state index in [2.05, 4.69) is 26.6 Å². The predicted molar refractivity (Wildman–Crippen MR) is 159 cm³/mol. The number of nitrogens with one attached hydrogen (secondary N) is 2. The first-order valence-corrected chi connectivity index (χ1v) is 13.5. The standard InChI is InChI=1S/C30H30ClN5O2S/c1-18-7-10-22(11-8-18)33-27(38)13-15-35-29(28(34-30(35)39)24-6-4-5-14-32-24)23-16-19(2)36(20(23)3)25-17-21(31)9-12-26(25)37/h4-12,14,16-17,28-29,37H,13,15H2,1-3H3,(H,33,38)(H,34,39)/t28-,29-/m0/s1. The van der Waals surface area contributed by atoms with E-state index in [9.17, 15) is 9.90 Å². The number of aryl methyl sites for hydroxylation is 2. The Labute approximate surface area is 238 Å². The number of pyridine rings is 1. The van der Waals surface area contributed by atoms with Crippen LogP contribution in [0.4, 0.5) is 5.69 Å². The molecular formula is C30H30ClN5O2S. The number of thiocarbonyl (C=S) groups is 1. The Bertz CT molecular complexity index is 1520. The molecule has 1 fully saturated rings. The number of rotatable bonds is 7. The Morgan fingerprint density at radius 2 is 1.87 bits per heavy atom. The van der Waals surface area contributed by atoms with Gasteiger partial charge in [0.2, 0.25) is 5.91 Å². The number of hydrogen-bond acceptors (Lipinski definition) is 4. The molecule has 39 heavy (non-hydrogen) atoms. The third kappa shape index (κ3) is 5.48. The second kappa shape index (κ2) is 11.1. The maximum Gasteiger partial charge on any atom is 0.226 e. The van der Waals surface area contributed by atoms with Crippen molar-refractivity contribution in [2.24, 2.45) is 0 Å². The van der Waals surface area contributed by atoms with Gasteiger partial charge >= 0.3 is 0 Å². The van der Waals surface area contributed by atoms with Gasteiger partial charge in [-0.05, 0) is 87.1 Å². The Balaban J connectivity index is 1.48. The minimum Gasteiger partial charge on any atom is -0.506 e. The Morgan fingerprint density at radius 3 is 2.59 bits per heavy atom. The first kappa shape index (κ1) is 26.7. The molecule has 2 aromatic heterocycles. The zero-order valence-electron chi connectivity index (χ0n) is 22.0. The van der Waals surface area contributed by atoms with Crippen molar-refractivity contribution in [2.45, 2.75) is 39.3 Å². The topological polar surface area (TPSA) is 82.4 Å². The lowest BCUT2D eigenvalue weighted by Crippen LogP contribution is -2.32. The van der Waals surface area contributed by atoms with E-state index in [1.807, 2.05) is 67.8 Å². The number of benzene rings is 2. The fourth-order valence-electron chi connectivity index (χ4n) is 5.20. The van der Waals surface area contributed by atoms with Crippen LogP contribution in [0, 0.1) is 20.8 Å². The highest BCUT2D eigenvalue weighted by Gasteiger charge is 2.41. The summed E-state index contributed by atoms with van der Waals surface area (Å²) in [7, 11) is 0. The third-order valence-corrected chi connectivity index (χ3v) is 7.67. The summed E-state index contributed by atoms with van der Waals surface area (Å²) in [5, 5.41) is 18.2. The van der Waals surface area contributed by atoms with Crippen LogP contribution < -0.4 is 10.6 Å². The van der Waals surface area contributed by atoms with Gasteiger partial charge in [0.05, 0.1) is 23.5 Å². The maximum absolute atomic E-state index is 12.9. The average molecular weight is 560 g/mol. The average Bonchev–Trinajstić information content (AvgIpc) is 3.40. The molecule has 3 N–H and O–H groups in total. The van der Waals surface area contributed by atoms with Crippen molar-refractivity contribution in [1.82, 2.24) is 19.8 Å². The predicted octanol–water partition coefficient (Wildman–Crippen LogP) is 6.16. The van der Waals surface area contributed by atoms with Crippen LogP contribution in [0.15, 0.2) is 72.9 Å². The lowest BCUT2D eigenvalue weighted by Gasteiger charge is -2.28. The molecule has 0 bridgehead atoms. The second-order valence-corrected chi connectivity index (χ2v) is 10.6. The number of phenols is 1. The van der Waals surface area contributed by atoms with Gasteiger partial charge in [-0.15, -0.1) is 0 Å². The summed E-state index contributed by atoms with van der Waals surface area (Å²) in [5.41, 5.74) is 6.26. The molecule has 0 unspecified atom stereocenters. The molecule has 0 radical (unpaired) electrons. The molecule has 7 nitrogen and oxygen atoms in total. The van der Waals surface area contributed by atoms with Crippen LogP contribution in [0.2, 0.25) is 5.02 Å². The van der Waals surface area contributed by atoms with Gasteiger partial charge in [0, 0.05) is 41.3 Å². The Kier molecular flexibility index (Phi) is 7.59. The fourth-order valence-corrected chi connectivity index (χ4v) is 5.70. The zero-order valence-corrected chi connectivity index (χ0v) is 23.6. The zero-order chi connectivity index (χ0) is 27.7. The quantitative estimate of drug-likeness (QED) is 0.235. The molecule has 0 saturated carbocycles. The fraction of sp³-hybridized carbons (Fsp3) is 0.233. The van der Waals surface area contributed by atoms with E-state index in [0.717, 1.165) is 33.9 Å². The molecular weight excluding hydrogens is 530 g/mol. The molecule has 4 aromatic rings. The van der Waals surface area contributed by atoms with Gasteiger partial charge in [0.1, 0.15) is 5.75 Å². The van der Waals surface area contributed by atoms with Crippen LogP contribution in [-0.4, -0.2) is 37.1 Å². The summed E-state index contributed by atoms with van der Waals surface area (Å²) in [6.45, 7) is 6.44. The smallest absolute Gasteiger partial charge is 0.226 e. The van der Waals surface area contributed by atoms with Crippen molar-refractivity contribution in [3.05, 3.63) is 106 Å². The molecule has 1 saturated heterocycles. The Hall–Kier alpha value is -3.88. The van der Waals surface area contributed by atoms with Gasteiger partial charge in [0.25, 0.3) is 0 Å². The number of nitrogens with zero attached hydrogens (tertiary/aromatic N) is 3. The van der Waals surface area contributed by atoms with Gasteiger partial charge in [-0.1, -0.05) is 35.4 Å². The van der Waals surface area contributed by atoms with Gasteiger partial charge in [0.15, 0.2) is 5.11 Å². The minimum absolute atomic E-state index is 0.0870. The molecule has 0 aliphatic carbocycles. The molecule has 1 aliphatic rings. The highest BCUT2D eigenvalue weighted by atomic mass is 35.5. The highest BCUT2D eigenvalue weighted by molar-refractivity contribution is 7.80. The minimum atomic E-state index is -0.222. The SMILES string of the molecule is Cc1ccc(NC(=O)CCN2C(=S)N[C@@H](c3ccccn3)[C@@H]2c2cc(C)n(-c3cc(Cl)ccc3O)c2C)cc1. The van der Waals surface area contributed by atoms with E-state index >= 15 is 0 Å². The molecule has 1 amide bonds. The number of amides is 1. The number of aromatic hydroxyl groups is 1. The van der Waals surface area contributed by atoms with E-state index in [1.165, 1.54) is 0 Å². The monoisotopic (exact) mass is 559 g/mol. The van der Waals surface area contributed by atoms with Crippen molar-refractivity contribution in [1.29, 1.82) is 0 Å². The number of hydrogen-bond donors (Lipinski definition) is 3. The number of aromatic nitrogens is 2. The van der Waals surface area contributed by atoms with Crippen molar-refractivity contribution in [3.8, 4) is 11.4 Å². The molecule has 3 heterocycles. The third-order valence-electron chi connectivity index (χ3n) is 7.08. The van der Waals surface area contributed by atoms with Crippen molar-refractivity contribution >= 4 is 40.5 Å². The van der Waals surface area contributed by atoms with Crippen LogP contribution in [0.25, 0.3) is 5.69 Å². The number of carbonyl (C=O) groups is 1. The molecule has 5 rings (SSSR count). The summed E-state index contributed by atoms with van der Waals surface area (Å²) in [6.07, 6.45) is 2.02. The highest BCUT2D eigenvalue weighted by Crippen LogP contribution is 2.42. The lowest BCUT2D eigenvalue weighted by atomic mass is 9.96. The van der Waals surface area contributed by atoms with E-state index < -0.39 is 0 Å². The first-order chi connectivity index (χ1) is 18.7. The van der Waals surface area contributed by atoms with Gasteiger partial charge < -0.3 is 25.2 Å². The molecule has 2 aromatic carbocycles. The van der Waals surface area contributed by atoms with E-state index in [4.69, 9.17) is 23.8 Å². The molecule has 200 valence electrons. The van der Waals surface area contributed by atoms with Gasteiger partial charge in [-0.3, -0.25) is 9.78 Å². The number of carbonyl (C=O) groups excluding carboxylic acids is 1. The van der Waals surface area contributed by atoms with Crippen molar-refractivity contribution in [3.63, 3.8) is 0 Å². The van der Waals surface area contributed by atoms with Crippen molar-refractivity contribution < 1.29 is 9.90 Å². The Morgan fingerprint density at radius 1 is 1.10 bits per heavy atom. The number of phenolic OH excluding ortho intramolecular Hbond substituents is 1. The number of halogens is 1. The van der Waals surface area contributed by atoms with E-state index in [0.29, 0.717) is 22.4 Å². The number of anilines is 1. The first-order valence-electron chi connectivity index (χ1n) is 12.7. The van der Waals surface area contributed by atoms with Crippen LogP contribution in [-0.2, 0) is 4.79 Å². The largest absolute Gasteiger partial charge is 0.506 e. The molecule has 1 aliphatic heterocycles. The normalized spacial score (nSPS) is 16.8. The lowest BCUT2D eigenvalue weighted by molar-refractivity contribution is -0.116. The van der Waals surface area contributed by atoms with Gasteiger partial charge in [-0.2, -0.15) is 0 Å². The summed E-state index contributed by atoms with van der Waals surface area (Å²) in [4.78, 5) is 19.6. The molecule has 0 spiro atoms. The maximum atomic E-state index is 12.9. The summed E-state index contributed by atoms with van der Waals surface area (Å²) >= 11 is 12.1.